The van der Waals surface area contributed by atoms with Crippen molar-refractivity contribution in [2.75, 3.05) is 12.6 Å². The lowest BCUT2D eigenvalue weighted by molar-refractivity contribution is -0.139. The fraction of sp³-hybridized carbons (Fsp3) is 0.571. The maximum atomic E-state index is 13.0. The van der Waals surface area contributed by atoms with Gasteiger partial charge in [-0.1, -0.05) is 11.8 Å². The monoisotopic (exact) mass is 281 g/mol. The second-order valence-electron chi connectivity index (χ2n) is 2.61. The molecular formula is C7H8F5NO3S. The number of halogens is 5. The number of ether oxygens (including phenoxy) is 1. The molecule has 0 aromatic heterocycles. The molecule has 10 heteroatoms. The molecule has 0 fully saturated rings. The fourth-order valence-electron chi connectivity index (χ4n) is 0.604. The van der Waals surface area contributed by atoms with Gasteiger partial charge in [0.25, 0.3) is 0 Å². The van der Waals surface area contributed by atoms with Gasteiger partial charge in [-0.15, -0.1) is 0 Å². The SMILES string of the molecule is N[C@@H](CSC(F)=C(OCF)C(F)(F)F)C(=O)O. The van der Waals surface area contributed by atoms with E-state index in [1.807, 2.05) is 0 Å². The summed E-state index contributed by atoms with van der Waals surface area (Å²) in [5.41, 5.74) is 4.94. The van der Waals surface area contributed by atoms with E-state index in [-0.39, 0.29) is 11.8 Å². The zero-order chi connectivity index (χ0) is 13.6. The molecule has 0 spiro atoms. The first-order valence-electron chi connectivity index (χ1n) is 3.97. The van der Waals surface area contributed by atoms with Crippen molar-refractivity contribution in [3.63, 3.8) is 0 Å². The van der Waals surface area contributed by atoms with Crippen molar-refractivity contribution in [1.29, 1.82) is 0 Å². The third kappa shape index (κ3) is 5.73. The molecular weight excluding hydrogens is 273 g/mol. The van der Waals surface area contributed by atoms with Gasteiger partial charge in [-0.05, 0) is 0 Å². The molecule has 0 aromatic carbocycles. The highest BCUT2D eigenvalue weighted by atomic mass is 32.2. The number of hydrogen-bond donors (Lipinski definition) is 2. The minimum Gasteiger partial charge on any atom is -0.480 e. The molecule has 1 atom stereocenters. The second kappa shape index (κ2) is 6.64. The van der Waals surface area contributed by atoms with Crippen LogP contribution in [0, 0.1) is 0 Å². The summed E-state index contributed by atoms with van der Waals surface area (Å²) in [6.07, 6.45) is -5.20. The molecule has 0 aliphatic rings. The predicted octanol–water partition coefficient (Wildman–Crippen LogP) is 1.78. The molecule has 17 heavy (non-hydrogen) atoms. The number of nitrogens with two attached hydrogens (primary N) is 1. The Morgan fingerprint density at radius 3 is 2.35 bits per heavy atom. The van der Waals surface area contributed by atoms with Gasteiger partial charge in [-0.2, -0.15) is 17.6 Å². The van der Waals surface area contributed by atoms with Gasteiger partial charge in [0.05, 0.1) is 0 Å². The second-order valence-corrected chi connectivity index (χ2v) is 3.59. The van der Waals surface area contributed by atoms with E-state index in [1.165, 1.54) is 0 Å². The van der Waals surface area contributed by atoms with Gasteiger partial charge in [0.2, 0.25) is 17.8 Å². The molecule has 0 heterocycles. The molecule has 3 N–H and O–H groups in total. The van der Waals surface area contributed by atoms with Gasteiger partial charge in [-0.3, -0.25) is 4.79 Å². The molecule has 0 amide bonds. The standard InChI is InChI=1S/C7H8F5NO3S/c8-2-16-4(7(10,11)12)5(9)17-1-3(13)6(14)15/h3H,1-2,13H2,(H,14,15)/t3-/m0/s1. The molecule has 0 aliphatic carbocycles. The lowest BCUT2D eigenvalue weighted by atomic mass is 10.4. The Morgan fingerprint density at radius 1 is 1.47 bits per heavy atom. The average Bonchev–Trinajstić information content (AvgIpc) is 2.20. The first kappa shape index (κ1) is 16.0. The summed E-state index contributed by atoms with van der Waals surface area (Å²) in [7, 11) is 0. The number of alkyl halides is 4. The Hall–Kier alpha value is -1.03. The molecule has 0 bridgehead atoms. The normalized spacial score (nSPS) is 15.2. The molecule has 0 unspecified atom stereocenters. The number of carboxylic acids is 1. The summed E-state index contributed by atoms with van der Waals surface area (Å²) < 4.78 is 64.3. The van der Waals surface area contributed by atoms with Crippen molar-refractivity contribution >= 4 is 17.7 Å². The topological polar surface area (TPSA) is 72.5 Å². The van der Waals surface area contributed by atoms with E-state index in [0.29, 0.717) is 0 Å². The van der Waals surface area contributed by atoms with E-state index in [2.05, 4.69) is 4.74 Å². The van der Waals surface area contributed by atoms with Crippen LogP contribution in [-0.2, 0) is 9.53 Å². The summed E-state index contributed by atoms with van der Waals surface area (Å²) in [6, 6.07) is -1.54. The van der Waals surface area contributed by atoms with Crippen molar-refractivity contribution in [2.45, 2.75) is 12.2 Å². The molecule has 0 saturated heterocycles. The van der Waals surface area contributed by atoms with Gasteiger partial charge in [0.15, 0.2) is 0 Å². The van der Waals surface area contributed by atoms with Crippen LogP contribution in [0.25, 0.3) is 0 Å². The zero-order valence-corrected chi connectivity index (χ0v) is 8.95. The molecule has 0 aliphatic heterocycles. The van der Waals surface area contributed by atoms with E-state index >= 15 is 0 Å². The van der Waals surface area contributed by atoms with Crippen LogP contribution in [0.4, 0.5) is 22.0 Å². The molecule has 0 saturated carbocycles. The first-order chi connectivity index (χ1) is 7.70. The van der Waals surface area contributed by atoms with Crippen LogP contribution in [0.3, 0.4) is 0 Å². The van der Waals surface area contributed by atoms with E-state index in [1.54, 1.807) is 0 Å². The van der Waals surface area contributed by atoms with Gasteiger partial charge < -0.3 is 15.6 Å². The third-order valence-electron chi connectivity index (χ3n) is 1.34. The third-order valence-corrected chi connectivity index (χ3v) is 2.31. The predicted molar refractivity (Wildman–Crippen MR) is 49.3 cm³/mol. The molecule has 0 rings (SSSR count). The molecule has 4 nitrogen and oxygen atoms in total. The van der Waals surface area contributed by atoms with Crippen LogP contribution >= 0.6 is 11.8 Å². The minimum absolute atomic E-state index is 0.117. The Balaban J connectivity index is 4.68. The van der Waals surface area contributed by atoms with Crippen LogP contribution in [0.5, 0.6) is 0 Å². The highest BCUT2D eigenvalue weighted by Crippen LogP contribution is 2.34. The minimum atomic E-state index is -5.20. The van der Waals surface area contributed by atoms with E-state index in [9.17, 15) is 26.7 Å². The van der Waals surface area contributed by atoms with Crippen LogP contribution in [0.2, 0.25) is 0 Å². The highest BCUT2D eigenvalue weighted by Gasteiger charge is 2.40. The lowest BCUT2D eigenvalue weighted by Gasteiger charge is -2.12. The summed E-state index contributed by atoms with van der Waals surface area (Å²) in [6.45, 7) is -1.85. The van der Waals surface area contributed by atoms with Crippen LogP contribution in [-0.4, -0.2) is 35.9 Å². The molecule has 100 valence electrons. The maximum absolute atomic E-state index is 13.0. The number of thioether (sulfide) groups is 1. The smallest absolute Gasteiger partial charge is 0.452 e. The average molecular weight is 281 g/mol. The largest absolute Gasteiger partial charge is 0.480 e. The number of aliphatic carboxylic acids is 1. The Bertz CT molecular complexity index is 306. The molecule has 0 aromatic rings. The number of allylic oxidation sites excluding steroid dienone is 1. The quantitative estimate of drug-likeness (QED) is 0.573. The van der Waals surface area contributed by atoms with E-state index in [4.69, 9.17) is 10.8 Å². The van der Waals surface area contributed by atoms with Crippen molar-refractivity contribution in [1.82, 2.24) is 0 Å². The number of hydrogen-bond acceptors (Lipinski definition) is 4. The van der Waals surface area contributed by atoms with Crippen molar-refractivity contribution in [2.24, 2.45) is 5.73 Å². The first-order valence-corrected chi connectivity index (χ1v) is 4.95. The van der Waals surface area contributed by atoms with Crippen LogP contribution < -0.4 is 5.73 Å². The number of carboxylic acid groups (broad SMARTS) is 1. The molecule has 0 radical (unpaired) electrons. The van der Waals surface area contributed by atoms with E-state index in [0.717, 1.165) is 0 Å². The maximum Gasteiger partial charge on any atom is 0.452 e. The van der Waals surface area contributed by atoms with Crippen LogP contribution in [0.1, 0.15) is 0 Å². The van der Waals surface area contributed by atoms with Gasteiger partial charge in [0.1, 0.15) is 6.04 Å². The van der Waals surface area contributed by atoms with Crippen molar-refractivity contribution in [3.8, 4) is 0 Å². The van der Waals surface area contributed by atoms with Crippen molar-refractivity contribution in [3.05, 3.63) is 10.9 Å². The van der Waals surface area contributed by atoms with Gasteiger partial charge in [-0.25, -0.2) is 4.39 Å². The summed E-state index contributed by atoms with van der Waals surface area (Å²) in [5.74, 6) is -4.27. The van der Waals surface area contributed by atoms with Gasteiger partial charge in [0, 0.05) is 5.75 Å². The summed E-state index contributed by atoms with van der Waals surface area (Å²) >= 11 is -0.117. The Morgan fingerprint density at radius 2 is 2.00 bits per heavy atom. The Labute approximate surface area is 96.6 Å². The van der Waals surface area contributed by atoms with Gasteiger partial charge >= 0.3 is 12.1 Å². The number of carbonyl (C=O) groups is 1. The summed E-state index contributed by atoms with van der Waals surface area (Å²) in [4.78, 5) is 10.2. The number of rotatable bonds is 6. The lowest BCUT2D eigenvalue weighted by Crippen LogP contribution is -2.32. The Kier molecular flexibility index (Phi) is 6.24. The van der Waals surface area contributed by atoms with E-state index < -0.39 is 41.7 Å². The van der Waals surface area contributed by atoms with Crippen molar-refractivity contribution < 1.29 is 36.6 Å². The van der Waals surface area contributed by atoms with Crippen LogP contribution in [0.15, 0.2) is 10.9 Å². The highest BCUT2D eigenvalue weighted by molar-refractivity contribution is 8.02. The fourth-order valence-corrected chi connectivity index (χ4v) is 1.38. The zero-order valence-electron chi connectivity index (χ0n) is 8.13. The summed E-state index contributed by atoms with van der Waals surface area (Å²) in [5, 5.41) is 6.44.